The largest absolute Gasteiger partial charge is 0.377 e. The Kier molecular flexibility index (Phi) is 4.45. The highest BCUT2D eigenvalue weighted by Crippen LogP contribution is 2.19. The fourth-order valence-electron chi connectivity index (χ4n) is 3.04. The maximum atomic E-state index is 12.2. The van der Waals surface area contributed by atoms with E-state index in [2.05, 4.69) is 35.0 Å². The van der Waals surface area contributed by atoms with Crippen molar-refractivity contribution in [1.29, 1.82) is 0 Å². The van der Waals surface area contributed by atoms with Gasteiger partial charge in [-0.05, 0) is 24.4 Å². The Labute approximate surface area is 130 Å². The molecule has 0 radical (unpaired) electrons. The molecule has 0 bridgehead atoms. The van der Waals surface area contributed by atoms with Crippen molar-refractivity contribution in [3.05, 3.63) is 36.0 Å². The Hall–Kier alpha value is -1.85. The second kappa shape index (κ2) is 6.50. The van der Waals surface area contributed by atoms with Crippen molar-refractivity contribution in [2.75, 3.05) is 20.3 Å². The number of carbonyl (C=O) groups excluding carboxylic acids is 1. The molecule has 1 aliphatic heterocycles. The second-order valence-corrected chi connectivity index (χ2v) is 5.73. The molecule has 5 heteroatoms. The summed E-state index contributed by atoms with van der Waals surface area (Å²) in [6.45, 7) is 3.82. The highest BCUT2D eigenvalue weighted by Gasteiger charge is 2.29. The maximum Gasteiger partial charge on any atom is 0.222 e. The highest BCUT2D eigenvalue weighted by atomic mass is 16.5. The zero-order valence-electron chi connectivity index (χ0n) is 13.0. The molecule has 0 saturated carbocycles. The summed E-state index contributed by atoms with van der Waals surface area (Å²) in [5.41, 5.74) is 2.35. The van der Waals surface area contributed by atoms with Crippen molar-refractivity contribution in [2.45, 2.75) is 32.0 Å². The molecule has 2 aromatic rings. The van der Waals surface area contributed by atoms with E-state index in [1.54, 1.807) is 7.11 Å². The van der Waals surface area contributed by atoms with Crippen LogP contribution in [0.5, 0.6) is 0 Å². The van der Waals surface area contributed by atoms with Gasteiger partial charge in [0.15, 0.2) is 0 Å². The smallest absolute Gasteiger partial charge is 0.222 e. The lowest BCUT2D eigenvalue weighted by Gasteiger charge is -2.18. The van der Waals surface area contributed by atoms with Gasteiger partial charge in [-0.3, -0.25) is 4.79 Å². The minimum Gasteiger partial charge on any atom is -0.377 e. The van der Waals surface area contributed by atoms with E-state index in [1.165, 1.54) is 16.6 Å². The topological polar surface area (TPSA) is 52.5 Å². The zero-order valence-corrected chi connectivity index (χ0v) is 13.0. The Balaban J connectivity index is 1.62. The maximum absolute atomic E-state index is 12.2. The van der Waals surface area contributed by atoms with Gasteiger partial charge in [0, 0.05) is 31.3 Å². The molecule has 0 spiro atoms. The molecule has 3 rings (SSSR count). The van der Waals surface area contributed by atoms with Crippen LogP contribution in [0.2, 0.25) is 0 Å². The van der Waals surface area contributed by atoms with E-state index < -0.39 is 0 Å². The Morgan fingerprint density at radius 3 is 3.05 bits per heavy atom. The molecule has 1 aromatic carbocycles. The summed E-state index contributed by atoms with van der Waals surface area (Å²) < 4.78 is 12.8. The molecule has 1 amide bonds. The molecule has 22 heavy (non-hydrogen) atoms. The molecule has 1 aliphatic rings. The predicted molar refractivity (Wildman–Crippen MR) is 84.8 cm³/mol. The minimum absolute atomic E-state index is 0.0368. The number of amides is 1. The first-order chi connectivity index (χ1) is 10.7. The van der Waals surface area contributed by atoms with Crippen LogP contribution in [0, 0.1) is 6.92 Å². The van der Waals surface area contributed by atoms with Crippen LogP contribution in [0.15, 0.2) is 30.3 Å². The van der Waals surface area contributed by atoms with Gasteiger partial charge in [0.1, 0.15) is 6.10 Å². The Morgan fingerprint density at radius 1 is 1.41 bits per heavy atom. The van der Waals surface area contributed by atoms with Gasteiger partial charge in [-0.1, -0.05) is 18.2 Å². The van der Waals surface area contributed by atoms with Crippen LogP contribution in [0.4, 0.5) is 0 Å². The molecule has 1 saturated heterocycles. The molecule has 0 aliphatic carbocycles. The van der Waals surface area contributed by atoms with Crippen LogP contribution in [0.1, 0.15) is 12.1 Å². The number of carbonyl (C=O) groups is 1. The number of rotatable bonds is 5. The number of aromatic nitrogens is 1. The van der Waals surface area contributed by atoms with Crippen molar-refractivity contribution in [3.8, 4) is 0 Å². The molecule has 1 N–H and O–H groups in total. The van der Waals surface area contributed by atoms with Crippen LogP contribution in [0.25, 0.3) is 10.9 Å². The number of hydrogen-bond donors (Lipinski definition) is 1. The van der Waals surface area contributed by atoms with Crippen LogP contribution in [-0.4, -0.2) is 42.9 Å². The van der Waals surface area contributed by atoms with E-state index in [4.69, 9.17) is 9.47 Å². The number of methoxy groups -OCH3 is 1. The standard InChI is InChI=1S/C17H22N2O3/c1-12-9-13-5-3-4-6-15(13)19(12)8-7-17(20)18-14-10-22-11-16(14)21-2/h3-6,9,14,16H,7-8,10-11H2,1-2H3,(H,18,20)/t14-,16-/m1/s1. The third-order valence-electron chi connectivity index (χ3n) is 4.26. The molecule has 5 nitrogen and oxygen atoms in total. The number of hydrogen-bond acceptors (Lipinski definition) is 3. The van der Waals surface area contributed by atoms with Crippen molar-refractivity contribution < 1.29 is 14.3 Å². The normalized spacial score (nSPS) is 21.4. The number of benzene rings is 1. The van der Waals surface area contributed by atoms with Crippen LogP contribution < -0.4 is 5.32 Å². The number of fused-ring (bicyclic) bond motifs is 1. The Morgan fingerprint density at radius 2 is 2.23 bits per heavy atom. The van der Waals surface area contributed by atoms with E-state index in [0.717, 1.165) is 0 Å². The Bertz CT molecular complexity index is 665. The van der Waals surface area contributed by atoms with Crippen LogP contribution in [-0.2, 0) is 20.8 Å². The van der Waals surface area contributed by atoms with Gasteiger partial charge < -0.3 is 19.4 Å². The van der Waals surface area contributed by atoms with Crippen molar-refractivity contribution in [3.63, 3.8) is 0 Å². The second-order valence-electron chi connectivity index (χ2n) is 5.73. The van der Waals surface area contributed by atoms with E-state index in [1.807, 2.05) is 12.1 Å². The van der Waals surface area contributed by atoms with Gasteiger partial charge in [0.25, 0.3) is 0 Å². The van der Waals surface area contributed by atoms with E-state index in [-0.39, 0.29) is 18.1 Å². The molecule has 1 fully saturated rings. The van der Waals surface area contributed by atoms with Crippen molar-refractivity contribution in [2.24, 2.45) is 0 Å². The number of nitrogens with one attached hydrogen (secondary N) is 1. The summed E-state index contributed by atoms with van der Waals surface area (Å²) in [6, 6.07) is 10.4. The zero-order chi connectivity index (χ0) is 15.5. The average molecular weight is 302 g/mol. The van der Waals surface area contributed by atoms with Gasteiger partial charge in [0.05, 0.1) is 19.3 Å². The lowest BCUT2D eigenvalue weighted by atomic mass is 10.2. The van der Waals surface area contributed by atoms with Gasteiger partial charge >= 0.3 is 0 Å². The third kappa shape index (κ3) is 3.00. The van der Waals surface area contributed by atoms with Gasteiger partial charge in [-0.2, -0.15) is 0 Å². The molecule has 118 valence electrons. The summed E-state index contributed by atoms with van der Waals surface area (Å²) in [5.74, 6) is 0.0368. The number of nitrogens with zero attached hydrogens (tertiary/aromatic N) is 1. The lowest BCUT2D eigenvalue weighted by Crippen LogP contribution is -2.43. The number of aryl methyl sites for hydroxylation is 2. The summed E-state index contributed by atoms with van der Waals surface area (Å²) >= 11 is 0. The SMILES string of the molecule is CO[C@@H]1COC[C@H]1NC(=O)CCn1c(C)cc2ccccc21. The van der Waals surface area contributed by atoms with Gasteiger partial charge in [-0.25, -0.2) is 0 Å². The summed E-state index contributed by atoms with van der Waals surface area (Å²) in [5, 5.41) is 4.22. The van der Waals surface area contributed by atoms with Crippen molar-refractivity contribution in [1.82, 2.24) is 9.88 Å². The minimum atomic E-state index is -0.0434. The fourth-order valence-corrected chi connectivity index (χ4v) is 3.04. The van der Waals surface area contributed by atoms with Crippen molar-refractivity contribution >= 4 is 16.8 Å². The third-order valence-corrected chi connectivity index (χ3v) is 4.26. The van der Waals surface area contributed by atoms with Crippen LogP contribution >= 0.6 is 0 Å². The molecule has 2 atom stereocenters. The monoisotopic (exact) mass is 302 g/mol. The first kappa shape index (κ1) is 15.1. The van der Waals surface area contributed by atoms with Gasteiger partial charge in [0.2, 0.25) is 5.91 Å². The lowest BCUT2D eigenvalue weighted by molar-refractivity contribution is -0.122. The van der Waals surface area contributed by atoms with E-state index >= 15 is 0 Å². The average Bonchev–Trinajstić information content (AvgIpc) is 3.08. The number of ether oxygens (including phenoxy) is 2. The quantitative estimate of drug-likeness (QED) is 0.917. The first-order valence-corrected chi connectivity index (χ1v) is 7.64. The molecule has 0 unspecified atom stereocenters. The fraction of sp³-hybridized carbons (Fsp3) is 0.471. The molecule has 2 heterocycles. The van der Waals surface area contributed by atoms with E-state index in [9.17, 15) is 4.79 Å². The summed E-state index contributed by atoms with van der Waals surface area (Å²) in [4.78, 5) is 12.2. The van der Waals surface area contributed by atoms with Crippen LogP contribution in [0.3, 0.4) is 0 Å². The van der Waals surface area contributed by atoms with Gasteiger partial charge in [-0.15, -0.1) is 0 Å². The molecule has 1 aromatic heterocycles. The highest BCUT2D eigenvalue weighted by molar-refractivity contribution is 5.81. The van der Waals surface area contributed by atoms with E-state index in [0.29, 0.717) is 26.2 Å². The first-order valence-electron chi connectivity index (χ1n) is 7.64. The molecular formula is C17H22N2O3. The number of para-hydroxylation sites is 1. The predicted octanol–water partition coefficient (Wildman–Crippen LogP) is 1.87. The summed E-state index contributed by atoms with van der Waals surface area (Å²) in [7, 11) is 1.65. The summed E-state index contributed by atoms with van der Waals surface area (Å²) in [6.07, 6.45) is 0.407. The molecular weight excluding hydrogens is 280 g/mol.